The third-order valence-electron chi connectivity index (χ3n) is 2.83. The zero-order valence-electron chi connectivity index (χ0n) is 11.9. The molecule has 0 unspecified atom stereocenters. The molecular weight excluding hydrogens is 334 g/mol. The first-order chi connectivity index (χ1) is 10.0. The summed E-state index contributed by atoms with van der Waals surface area (Å²) in [4.78, 5) is 11.7. The summed E-state index contributed by atoms with van der Waals surface area (Å²) in [6.45, 7) is 4.07. The van der Waals surface area contributed by atoms with Crippen molar-refractivity contribution in [2.45, 2.75) is 13.8 Å². The van der Waals surface area contributed by atoms with E-state index in [0.29, 0.717) is 29.4 Å². The molecule has 0 amide bonds. The van der Waals surface area contributed by atoms with Crippen LogP contribution in [0.5, 0.6) is 11.5 Å². The Morgan fingerprint density at radius 1 is 1.19 bits per heavy atom. The van der Waals surface area contributed by atoms with Gasteiger partial charge in [-0.05, 0) is 65.7 Å². The first-order valence-electron chi connectivity index (χ1n) is 6.52. The smallest absolute Gasteiger partial charge is 0.338 e. The van der Waals surface area contributed by atoms with Crippen LogP contribution in [0.2, 0.25) is 0 Å². The monoisotopic (exact) mass is 349 g/mol. The van der Waals surface area contributed by atoms with Crippen LogP contribution in [0, 0.1) is 6.92 Å². The van der Waals surface area contributed by atoms with Gasteiger partial charge in [0.05, 0.1) is 22.3 Å². The van der Waals surface area contributed by atoms with Crippen molar-refractivity contribution in [3.8, 4) is 11.5 Å². The molecule has 0 aliphatic heterocycles. The van der Waals surface area contributed by atoms with Crippen molar-refractivity contribution in [1.29, 1.82) is 0 Å². The highest BCUT2D eigenvalue weighted by Crippen LogP contribution is 2.33. The molecule has 0 bridgehead atoms. The summed E-state index contributed by atoms with van der Waals surface area (Å²) in [5, 5.41) is 0. The summed E-state index contributed by atoms with van der Waals surface area (Å²) in [5.74, 6) is 0.656. The fourth-order valence-electron chi connectivity index (χ4n) is 1.77. The Kier molecular flexibility index (Phi) is 4.85. The molecular formula is C16H16BrNO3. The summed E-state index contributed by atoms with van der Waals surface area (Å²) in [7, 11) is 0. The van der Waals surface area contributed by atoms with Crippen LogP contribution in [0.15, 0.2) is 40.9 Å². The molecule has 0 fully saturated rings. The molecule has 0 saturated heterocycles. The molecule has 0 aromatic heterocycles. The molecule has 0 atom stereocenters. The zero-order valence-corrected chi connectivity index (χ0v) is 13.4. The molecule has 2 aromatic rings. The summed E-state index contributed by atoms with van der Waals surface area (Å²) in [6.07, 6.45) is 0. The van der Waals surface area contributed by atoms with Crippen molar-refractivity contribution in [3.63, 3.8) is 0 Å². The Morgan fingerprint density at radius 3 is 2.62 bits per heavy atom. The summed E-state index contributed by atoms with van der Waals surface area (Å²) in [6, 6.07) is 10.6. The standard InChI is InChI=1S/C16H16BrNO3/c1-3-20-16(19)11-5-6-13(18)15(9-11)21-14-7-4-10(2)8-12(14)17/h4-9H,3,18H2,1-2H3. The van der Waals surface area contributed by atoms with Gasteiger partial charge in [0.15, 0.2) is 5.75 Å². The SMILES string of the molecule is CCOC(=O)c1ccc(N)c(Oc2ccc(C)cc2Br)c1. The quantitative estimate of drug-likeness (QED) is 0.659. The first-order valence-corrected chi connectivity index (χ1v) is 7.31. The molecule has 0 aliphatic rings. The number of halogens is 1. The Labute approximate surface area is 132 Å². The fourth-order valence-corrected chi connectivity index (χ4v) is 2.35. The average Bonchev–Trinajstić information content (AvgIpc) is 2.44. The van der Waals surface area contributed by atoms with Gasteiger partial charge in [0.25, 0.3) is 0 Å². The topological polar surface area (TPSA) is 61.5 Å². The average molecular weight is 350 g/mol. The number of carbonyl (C=O) groups excluding carboxylic acids is 1. The minimum absolute atomic E-state index is 0.322. The lowest BCUT2D eigenvalue weighted by atomic mass is 10.2. The molecule has 0 spiro atoms. The molecule has 0 radical (unpaired) electrons. The number of esters is 1. The predicted octanol–water partition coefficient (Wildman–Crippen LogP) is 4.31. The Balaban J connectivity index is 2.30. The number of ether oxygens (including phenoxy) is 2. The van der Waals surface area contributed by atoms with Crippen molar-refractivity contribution in [2.24, 2.45) is 0 Å². The number of nitrogen functional groups attached to an aromatic ring is 1. The van der Waals surface area contributed by atoms with Gasteiger partial charge in [-0.3, -0.25) is 0 Å². The maximum Gasteiger partial charge on any atom is 0.338 e. The van der Waals surface area contributed by atoms with Gasteiger partial charge in [-0.25, -0.2) is 4.79 Å². The van der Waals surface area contributed by atoms with Crippen LogP contribution in [0.25, 0.3) is 0 Å². The van der Waals surface area contributed by atoms with Crippen LogP contribution in [0.1, 0.15) is 22.8 Å². The number of anilines is 1. The molecule has 0 heterocycles. The molecule has 2 aromatic carbocycles. The van der Waals surface area contributed by atoms with Crippen LogP contribution in [-0.4, -0.2) is 12.6 Å². The van der Waals surface area contributed by atoms with Crippen LogP contribution in [0.4, 0.5) is 5.69 Å². The van der Waals surface area contributed by atoms with E-state index in [9.17, 15) is 4.79 Å². The number of carbonyl (C=O) groups is 1. The van der Waals surface area contributed by atoms with Crippen LogP contribution >= 0.6 is 15.9 Å². The van der Waals surface area contributed by atoms with E-state index >= 15 is 0 Å². The van der Waals surface area contributed by atoms with E-state index in [0.717, 1.165) is 10.0 Å². The second-order valence-electron chi connectivity index (χ2n) is 4.51. The van der Waals surface area contributed by atoms with Crippen molar-refractivity contribution >= 4 is 27.6 Å². The minimum Gasteiger partial charge on any atom is -0.462 e. The number of nitrogens with two attached hydrogens (primary N) is 1. The van der Waals surface area contributed by atoms with E-state index in [1.165, 1.54) is 0 Å². The highest BCUT2D eigenvalue weighted by atomic mass is 79.9. The summed E-state index contributed by atoms with van der Waals surface area (Å²) >= 11 is 3.44. The second-order valence-corrected chi connectivity index (χ2v) is 5.36. The lowest BCUT2D eigenvalue weighted by molar-refractivity contribution is 0.0526. The largest absolute Gasteiger partial charge is 0.462 e. The number of benzene rings is 2. The molecule has 110 valence electrons. The third kappa shape index (κ3) is 3.76. The van der Waals surface area contributed by atoms with Crippen LogP contribution in [-0.2, 0) is 4.74 Å². The Bertz CT molecular complexity index is 671. The van der Waals surface area contributed by atoms with E-state index < -0.39 is 5.97 Å². The van der Waals surface area contributed by atoms with Gasteiger partial charge in [-0.2, -0.15) is 0 Å². The number of hydrogen-bond acceptors (Lipinski definition) is 4. The van der Waals surface area contributed by atoms with Gasteiger partial charge in [0.1, 0.15) is 5.75 Å². The van der Waals surface area contributed by atoms with Gasteiger partial charge >= 0.3 is 5.97 Å². The van der Waals surface area contributed by atoms with Gasteiger partial charge < -0.3 is 15.2 Å². The lowest BCUT2D eigenvalue weighted by Gasteiger charge is -2.12. The van der Waals surface area contributed by atoms with E-state index in [2.05, 4.69) is 15.9 Å². The number of hydrogen-bond donors (Lipinski definition) is 1. The van der Waals surface area contributed by atoms with Gasteiger partial charge in [-0.15, -0.1) is 0 Å². The predicted molar refractivity (Wildman–Crippen MR) is 85.8 cm³/mol. The van der Waals surface area contributed by atoms with Gasteiger partial charge in [0, 0.05) is 0 Å². The lowest BCUT2D eigenvalue weighted by Crippen LogP contribution is -2.05. The minimum atomic E-state index is -0.398. The van der Waals surface area contributed by atoms with E-state index in [-0.39, 0.29) is 0 Å². The van der Waals surface area contributed by atoms with Crippen molar-refractivity contribution in [1.82, 2.24) is 0 Å². The molecule has 0 saturated carbocycles. The summed E-state index contributed by atoms with van der Waals surface area (Å²) < 4.78 is 11.6. The van der Waals surface area contributed by atoms with Crippen molar-refractivity contribution in [3.05, 3.63) is 52.0 Å². The molecule has 2 rings (SSSR count). The highest BCUT2D eigenvalue weighted by Gasteiger charge is 2.12. The molecule has 21 heavy (non-hydrogen) atoms. The molecule has 5 heteroatoms. The fraction of sp³-hybridized carbons (Fsp3) is 0.188. The zero-order chi connectivity index (χ0) is 15.4. The van der Waals surface area contributed by atoms with Gasteiger partial charge in [-0.1, -0.05) is 6.07 Å². The Hall–Kier alpha value is -2.01. The number of rotatable bonds is 4. The van der Waals surface area contributed by atoms with Gasteiger partial charge in [0.2, 0.25) is 0 Å². The maximum absolute atomic E-state index is 11.7. The summed E-state index contributed by atoms with van der Waals surface area (Å²) in [5.41, 5.74) is 7.87. The van der Waals surface area contributed by atoms with E-state index in [1.54, 1.807) is 25.1 Å². The second kappa shape index (κ2) is 6.63. The molecule has 0 aliphatic carbocycles. The van der Waals surface area contributed by atoms with Crippen LogP contribution in [0.3, 0.4) is 0 Å². The third-order valence-corrected chi connectivity index (χ3v) is 3.45. The normalized spacial score (nSPS) is 10.2. The first kappa shape index (κ1) is 15.4. The maximum atomic E-state index is 11.7. The molecule has 2 N–H and O–H groups in total. The van der Waals surface area contributed by atoms with Crippen LogP contribution < -0.4 is 10.5 Å². The van der Waals surface area contributed by atoms with Crippen molar-refractivity contribution in [2.75, 3.05) is 12.3 Å². The van der Waals surface area contributed by atoms with Crippen molar-refractivity contribution < 1.29 is 14.3 Å². The Morgan fingerprint density at radius 2 is 1.95 bits per heavy atom. The number of aryl methyl sites for hydroxylation is 1. The van der Waals surface area contributed by atoms with E-state index in [4.69, 9.17) is 15.2 Å². The molecule has 4 nitrogen and oxygen atoms in total. The highest BCUT2D eigenvalue weighted by molar-refractivity contribution is 9.10. The van der Waals surface area contributed by atoms with E-state index in [1.807, 2.05) is 25.1 Å².